The Kier molecular flexibility index (Phi) is 6.98. The van der Waals surface area contributed by atoms with Crippen LogP contribution >= 0.6 is 0 Å². The number of benzene rings is 2. The molecule has 2 aromatic rings. The number of nitrogens with one attached hydrogen (secondary N) is 2. The Morgan fingerprint density at radius 1 is 1.07 bits per heavy atom. The van der Waals surface area contributed by atoms with E-state index in [0.29, 0.717) is 23.7 Å². The summed E-state index contributed by atoms with van der Waals surface area (Å²) in [6, 6.07) is 12.9. The highest BCUT2D eigenvalue weighted by Gasteiger charge is 2.17. The molecule has 0 heterocycles. The van der Waals surface area contributed by atoms with Gasteiger partial charge in [-0.1, -0.05) is 32.0 Å². The Hall–Kier alpha value is -2.38. The topological polar surface area (TPSA) is 101 Å². The van der Waals surface area contributed by atoms with Crippen molar-refractivity contribution in [3.05, 3.63) is 59.7 Å². The summed E-state index contributed by atoms with van der Waals surface area (Å²) in [5, 5.41) is 2.89. The molecular formula is C20H27N3O3S. The molecule has 0 aliphatic carbocycles. The van der Waals surface area contributed by atoms with Gasteiger partial charge in [0.1, 0.15) is 0 Å². The van der Waals surface area contributed by atoms with E-state index in [0.717, 1.165) is 12.0 Å². The molecule has 0 aliphatic heterocycles. The predicted octanol–water partition coefficient (Wildman–Crippen LogP) is 2.90. The first-order valence-electron chi connectivity index (χ1n) is 8.92. The molecule has 0 saturated carbocycles. The first-order valence-corrected chi connectivity index (χ1v) is 10.4. The van der Waals surface area contributed by atoms with Crippen molar-refractivity contribution >= 4 is 21.6 Å². The van der Waals surface area contributed by atoms with Crippen LogP contribution in [0.25, 0.3) is 0 Å². The quantitative estimate of drug-likeness (QED) is 0.646. The zero-order valence-corrected chi connectivity index (χ0v) is 16.7. The fourth-order valence-corrected chi connectivity index (χ4v) is 3.86. The third-order valence-corrected chi connectivity index (χ3v) is 5.57. The molecule has 6 nitrogen and oxygen atoms in total. The summed E-state index contributed by atoms with van der Waals surface area (Å²) in [4.78, 5) is 12.5. The second-order valence-corrected chi connectivity index (χ2v) is 8.66. The van der Waals surface area contributed by atoms with E-state index in [9.17, 15) is 13.2 Å². The van der Waals surface area contributed by atoms with E-state index >= 15 is 0 Å². The second kappa shape index (κ2) is 9.01. The first kappa shape index (κ1) is 20.9. The van der Waals surface area contributed by atoms with Crippen LogP contribution in [0.5, 0.6) is 0 Å². The number of para-hydroxylation sites is 1. The summed E-state index contributed by atoms with van der Waals surface area (Å²) in [7, 11) is -3.72. The van der Waals surface area contributed by atoms with Gasteiger partial charge in [-0.3, -0.25) is 9.52 Å². The minimum atomic E-state index is -3.72. The maximum absolute atomic E-state index is 12.6. The number of nitrogens with two attached hydrogens (primary N) is 1. The van der Waals surface area contributed by atoms with E-state index in [-0.39, 0.29) is 16.8 Å². The van der Waals surface area contributed by atoms with Gasteiger partial charge in [-0.2, -0.15) is 0 Å². The van der Waals surface area contributed by atoms with E-state index in [1.807, 2.05) is 19.1 Å². The lowest BCUT2D eigenvalue weighted by Crippen LogP contribution is -2.41. The van der Waals surface area contributed by atoms with Crippen LogP contribution in [0.3, 0.4) is 0 Å². The number of carbonyl (C=O) groups excluding carboxylic acids is 1. The number of amides is 1. The zero-order chi connectivity index (χ0) is 20.0. The van der Waals surface area contributed by atoms with E-state index < -0.39 is 10.0 Å². The van der Waals surface area contributed by atoms with Crippen LogP contribution < -0.4 is 15.8 Å². The highest BCUT2D eigenvalue weighted by Crippen LogP contribution is 2.19. The summed E-state index contributed by atoms with van der Waals surface area (Å²) in [5.41, 5.74) is 7.46. The summed E-state index contributed by atoms with van der Waals surface area (Å²) >= 11 is 0. The third-order valence-electron chi connectivity index (χ3n) is 4.19. The molecule has 146 valence electrons. The van der Waals surface area contributed by atoms with Gasteiger partial charge in [-0.25, -0.2) is 8.42 Å². The van der Waals surface area contributed by atoms with Crippen molar-refractivity contribution in [1.29, 1.82) is 0 Å². The highest BCUT2D eigenvalue weighted by atomic mass is 32.2. The second-order valence-electron chi connectivity index (χ2n) is 6.98. The molecule has 2 rings (SSSR count). The monoisotopic (exact) mass is 389 g/mol. The molecule has 0 bridgehead atoms. The normalized spacial score (nSPS) is 12.6. The lowest BCUT2D eigenvalue weighted by Gasteiger charge is -2.19. The van der Waals surface area contributed by atoms with Gasteiger partial charge in [0.15, 0.2) is 0 Å². The molecule has 0 aliphatic rings. The van der Waals surface area contributed by atoms with Crippen LogP contribution in [0, 0.1) is 12.8 Å². The number of anilines is 1. The van der Waals surface area contributed by atoms with Crippen molar-refractivity contribution in [2.24, 2.45) is 11.7 Å². The Bertz CT molecular complexity index is 878. The number of carbonyl (C=O) groups is 1. The van der Waals surface area contributed by atoms with Crippen molar-refractivity contribution in [3.63, 3.8) is 0 Å². The number of hydrogen-bond donors (Lipinski definition) is 3. The molecule has 1 atom stereocenters. The van der Waals surface area contributed by atoms with E-state index in [1.54, 1.807) is 12.1 Å². The molecule has 0 spiro atoms. The molecule has 4 N–H and O–H groups in total. The minimum Gasteiger partial charge on any atom is -0.348 e. The van der Waals surface area contributed by atoms with Crippen molar-refractivity contribution in [2.75, 3.05) is 11.3 Å². The van der Waals surface area contributed by atoms with Gasteiger partial charge in [-0.05, 0) is 55.2 Å². The largest absolute Gasteiger partial charge is 0.348 e. The maximum Gasteiger partial charge on any atom is 0.261 e. The van der Waals surface area contributed by atoms with Crippen LogP contribution in [0.1, 0.15) is 36.2 Å². The maximum atomic E-state index is 12.6. The molecule has 1 unspecified atom stereocenters. The van der Waals surface area contributed by atoms with Crippen molar-refractivity contribution < 1.29 is 13.2 Å². The smallest absolute Gasteiger partial charge is 0.261 e. The molecule has 27 heavy (non-hydrogen) atoms. The van der Waals surface area contributed by atoms with Gasteiger partial charge in [-0.15, -0.1) is 0 Å². The number of aryl methyl sites for hydroxylation is 1. The molecule has 2 aromatic carbocycles. The highest BCUT2D eigenvalue weighted by molar-refractivity contribution is 7.92. The van der Waals surface area contributed by atoms with Gasteiger partial charge in [0, 0.05) is 18.2 Å². The van der Waals surface area contributed by atoms with Gasteiger partial charge < -0.3 is 11.1 Å². The van der Waals surface area contributed by atoms with Crippen LogP contribution in [-0.2, 0) is 10.0 Å². The lowest BCUT2D eigenvalue weighted by molar-refractivity contribution is 0.0933. The molecule has 0 aromatic heterocycles. The Labute approximate surface area is 161 Å². The van der Waals surface area contributed by atoms with Crippen molar-refractivity contribution in [3.8, 4) is 0 Å². The molecular weight excluding hydrogens is 362 g/mol. The van der Waals surface area contributed by atoms with Gasteiger partial charge >= 0.3 is 0 Å². The Balaban J connectivity index is 2.11. The fourth-order valence-electron chi connectivity index (χ4n) is 2.73. The standard InChI is InChI=1S/C20H27N3O3S/c1-14(2)12-17(13-21)22-20(24)16-8-10-18(11-9-16)27(25,26)23-19-7-5-4-6-15(19)3/h4-11,14,17,23H,12-13,21H2,1-3H3,(H,22,24). The molecule has 1 amide bonds. The molecule has 7 heteroatoms. The Morgan fingerprint density at radius 3 is 2.26 bits per heavy atom. The van der Waals surface area contributed by atoms with E-state index in [1.165, 1.54) is 24.3 Å². The predicted molar refractivity (Wildman–Crippen MR) is 108 cm³/mol. The number of hydrogen-bond acceptors (Lipinski definition) is 4. The van der Waals surface area contributed by atoms with Gasteiger partial charge in [0.2, 0.25) is 0 Å². The van der Waals surface area contributed by atoms with Gasteiger partial charge in [0.25, 0.3) is 15.9 Å². The molecule has 0 saturated heterocycles. The van der Waals surface area contributed by atoms with E-state index in [2.05, 4.69) is 23.9 Å². The number of rotatable bonds is 8. The lowest BCUT2D eigenvalue weighted by atomic mass is 10.0. The number of sulfonamides is 1. The SMILES string of the molecule is Cc1ccccc1NS(=O)(=O)c1ccc(C(=O)NC(CN)CC(C)C)cc1. The first-order chi connectivity index (χ1) is 12.7. The van der Waals surface area contributed by atoms with Gasteiger partial charge in [0.05, 0.1) is 10.6 Å². The molecule has 0 fully saturated rings. The minimum absolute atomic E-state index is 0.0971. The van der Waals surface area contributed by atoms with E-state index in [4.69, 9.17) is 5.73 Å². The average molecular weight is 390 g/mol. The zero-order valence-electron chi connectivity index (χ0n) is 15.9. The van der Waals surface area contributed by atoms with Crippen LogP contribution in [0.4, 0.5) is 5.69 Å². The van der Waals surface area contributed by atoms with Crippen LogP contribution in [0.15, 0.2) is 53.4 Å². The van der Waals surface area contributed by atoms with Crippen LogP contribution in [-0.4, -0.2) is 26.9 Å². The summed E-state index contributed by atoms with van der Waals surface area (Å²) in [5.74, 6) is 0.154. The Morgan fingerprint density at radius 2 is 1.70 bits per heavy atom. The van der Waals surface area contributed by atoms with Crippen molar-refractivity contribution in [1.82, 2.24) is 5.32 Å². The fraction of sp³-hybridized carbons (Fsp3) is 0.350. The summed E-state index contributed by atoms with van der Waals surface area (Å²) in [6.45, 7) is 6.32. The summed E-state index contributed by atoms with van der Waals surface area (Å²) < 4.78 is 27.7. The average Bonchev–Trinajstić information content (AvgIpc) is 2.62. The summed E-state index contributed by atoms with van der Waals surface area (Å²) in [6.07, 6.45) is 0.787. The third kappa shape index (κ3) is 5.80. The van der Waals surface area contributed by atoms with Crippen molar-refractivity contribution in [2.45, 2.75) is 38.1 Å². The van der Waals surface area contributed by atoms with Crippen LogP contribution in [0.2, 0.25) is 0 Å². The molecule has 0 radical (unpaired) electrons.